The molecule has 1 aromatic rings. The highest BCUT2D eigenvalue weighted by molar-refractivity contribution is 5.96. The Morgan fingerprint density at radius 2 is 2.11 bits per heavy atom. The van der Waals surface area contributed by atoms with Gasteiger partial charge in [-0.25, -0.2) is 9.18 Å². The molecular formula is C13H18FNO3. The average molecular weight is 255 g/mol. The van der Waals surface area contributed by atoms with E-state index >= 15 is 0 Å². The number of nitrogens with two attached hydrogens (primary N) is 1. The molecule has 1 rings (SSSR count). The summed E-state index contributed by atoms with van der Waals surface area (Å²) in [5.41, 5.74) is 4.72. The summed E-state index contributed by atoms with van der Waals surface area (Å²) in [5.74, 6) is -1.90. The van der Waals surface area contributed by atoms with Crippen LogP contribution in [0.5, 0.6) is 5.75 Å². The molecule has 0 aliphatic rings. The van der Waals surface area contributed by atoms with Gasteiger partial charge in [0, 0.05) is 0 Å². The number of unbranched alkanes of at least 4 members (excludes halogenated alkanes) is 3. The lowest BCUT2D eigenvalue weighted by Crippen LogP contribution is -2.09. The maximum atomic E-state index is 13.2. The van der Waals surface area contributed by atoms with Gasteiger partial charge >= 0.3 is 5.97 Å². The summed E-state index contributed by atoms with van der Waals surface area (Å²) in [7, 11) is 0. The molecular weight excluding hydrogens is 237 g/mol. The third kappa shape index (κ3) is 3.61. The molecule has 5 heteroatoms. The number of anilines is 1. The molecule has 100 valence electrons. The van der Waals surface area contributed by atoms with Gasteiger partial charge in [0.25, 0.3) is 0 Å². The van der Waals surface area contributed by atoms with Gasteiger partial charge in [-0.15, -0.1) is 0 Å². The first-order valence-corrected chi connectivity index (χ1v) is 6.02. The van der Waals surface area contributed by atoms with Crippen LogP contribution in [0.2, 0.25) is 0 Å². The standard InChI is InChI=1S/C13H18FNO3/c1-2-3-4-5-8-18-10-7-6-9(14)12(15)11(10)13(16)17/h6-7H,2-5,8,15H2,1H3,(H,16,17). The van der Waals surface area contributed by atoms with Crippen molar-refractivity contribution in [1.29, 1.82) is 0 Å². The number of ether oxygens (including phenoxy) is 1. The zero-order valence-corrected chi connectivity index (χ0v) is 10.4. The third-order valence-electron chi connectivity index (χ3n) is 2.62. The number of carbonyl (C=O) groups is 1. The van der Waals surface area contributed by atoms with Gasteiger partial charge < -0.3 is 15.6 Å². The number of halogens is 1. The van der Waals surface area contributed by atoms with Crippen LogP contribution in [0.4, 0.5) is 10.1 Å². The molecule has 0 aromatic heterocycles. The van der Waals surface area contributed by atoms with E-state index < -0.39 is 11.8 Å². The zero-order valence-electron chi connectivity index (χ0n) is 10.4. The summed E-state index contributed by atoms with van der Waals surface area (Å²) in [6, 6.07) is 2.41. The van der Waals surface area contributed by atoms with Crippen LogP contribution in [0.25, 0.3) is 0 Å². The largest absolute Gasteiger partial charge is 0.493 e. The molecule has 0 radical (unpaired) electrons. The predicted octanol–water partition coefficient (Wildman–Crippen LogP) is 3.07. The summed E-state index contributed by atoms with van der Waals surface area (Å²) < 4.78 is 18.5. The molecule has 0 aliphatic heterocycles. The number of aromatic carboxylic acids is 1. The van der Waals surface area contributed by atoms with Crippen molar-refractivity contribution in [2.45, 2.75) is 32.6 Å². The number of carboxylic acid groups (broad SMARTS) is 1. The highest BCUT2D eigenvalue weighted by Gasteiger charge is 2.18. The fourth-order valence-electron chi connectivity index (χ4n) is 1.63. The Balaban J connectivity index is 2.70. The summed E-state index contributed by atoms with van der Waals surface area (Å²) in [6.07, 6.45) is 4.09. The van der Waals surface area contributed by atoms with Gasteiger partial charge in [0.15, 0.2) is 0 Å². The van der Waals surface area contributed by atoms with E-state index in [2.05, 4.69) is 6.92 Å². The minimum Gasteiger partial charge on any atom is -0.493 e. The van der Waals surface area contributed by atoms with Crippen molar-refractivity contribution in [3.63, 3.8) is 0 Å². The molecule has 0 saturated heterocycles. The van der Waals surface area contributed by atoms with Gasteiger partial charge in [-0.1, -0.05) is 26.2 Å². The topological polar surface area (TPSA) is 72.5 Å². The summed E-state index contributed by atoms with van der Waals surface area (Å²) in [4.78, 5) is 11.0. The van der Waals surface area contributed by atoms with Gasteiger partial charge in [0.05, 0.1) is 12.3 Å². The fourth-order valence-corrected chi connectivity index (χ4v) is 1.63. The molecule has 1 aromatic carbocycles. The summed E-state index contributed by atoms with van der Waals surface area (Å²) in [5, 5.41) is 8.99. The van der Waals surface area contributed by atoms with E-state index in [-0.39, 0.29) is 17.0 Å². The molecule has 0 spiro atoms. The SMILES string of the molecule is CCCCCCOc1ccc(F)c(N)c1C(=O)O. The number of hydrogen-bond acceptors (Lipinski definition) is 3. The quantitative estimate of drug-likeness (QED) is 0.580. The molecule has 0 amide bonds. The van der Waals surface area contributed by atoms with E-state index in [1.165, 1.54) is 6.07 Å². The summed E-state index contributed by atoms with van der Waals surface area (Å²) in [6.45, 7) is 2.51. The van der Waals surface area contributed by atoms with Crippen LogP contribution in [0.1, 0.15) is 43.0 Å². The van der Waals surface area contributed by atoms with Crippen molar-refractivity contribution >= 4 is 11.7 Å². The fraction of sp³-hybridized carbons (Fsp3) is 0.462. The first-order valence-electron chi connectivity index (χ1n) is 6.02. The maximum absolute atomic E-state index is 13.2. The average Bonchev–Trinajstić information content (AvgIpc) is 2.33. The van der Waals surface area contributed by atoms with Crippen LogP contribution in [0.3, 0.4) is 0 Å². The van der Waals surface area contributed by atoms with Crippen LogP contribution >= 0.6 is 0 Å². The zero-order chi connectivity index (χ0) is 13.5. The van der Waals surface area contributed by atoms with Gasteiger partial charge in [0.2, 0.25) is 0 Å². The Kier molecular flexibility index (Phi) is 5.42. The second-order valence-corrected chi connectivity index (χ2v) is 4.05. The lowest BCUT2D eigenvalue weighted by atomic mass is 10.1. The van der Waals surface area contributed by atoms with Crippen LogP contribution in [-0.4, -0.2) is 17.7 Å². The number of nitrogen functional groups attached to an aromatic ring is 1. The maximum Gasteiger partial charge on any atom is 0.341 e. The van der Waals surface area contributed by atoms with Crippen molar-refractivity contribution in [3.8, 4) is 5.75 Å². The van der Waals surface area contributed by atoms with Gasteiger partial charge in [-0.2, -0.15) is 0 Å². The normalized spacial score (nSPS) is 10.3. The molecule has 0 bridgehead atoms. The lowest BCUT2D eigenvalue weighted by molar-refractivity contribution is 0.0693. The Bertz CT molecular complexity index is 421. The first-order chi connectivity index (χ1) is 8.57. The molecule has 4 nitrogen and oxygen atoms in total. The van der Waals surface area contributed by atoms with E-state index in [4.69, 9.17) is 15.6 Å². The number of carboxylic acids is 1. The first kappa shape index (κ1) is 14.3. The molecule has 0 heterocycles. The van der Waals surface area contributed by atoms with Gasteiger partial charge in [-0.3, -0.25) is 0 Å². The number of hydrogen-bond donors (Lipinski definition) is 2. The van der Waals surface area contributed by atoms with Crippen LogP contribution in [0, 0.1) is 5.82 Å². The van der Waals surface area contributed by atoms with Crippen molar-refractivity contribution < 1.29 is 19.0 Å². The van der Waals surface area contributed by atoms with Crippen molar-refractivity contribution in [2.24, 2.45) is 0 Å². The number of benzene rings is 1. The molecule has 18 heavy (non-hydrogen) atoms. The Hall–Kier alpha value is -1.78. The smallest absolute Gasteiger partial charge is 0.341 e. The third-order valence-corrected chi connectivity index (χ3v) is 2.62. The van der Waals surface area contributed by atoms with Crippen molar-refractivity contribution in [1.82, 2.24) is 0 Å². The van der Waals surface area contributed by atoms with E-state index in [0.717, 1.165) is 31.7 Å². The van der Waals surface area contributed by atoms with E-state index in [1.54, 1.807) is 0 Å². The molecule has 0 unspecified atom stereocenters. The number of rotatable bonds is 7. The molecule has 0 saturated carbocycles. The van der Waals surface area contributed by atoms with E-state index in [0.29, 0.717) is 6.61 Å². The van der Waals surface area contributed by atoms with Crippen LogP contribution < -0.4 is 10.5 Å². The molecule has 0 aliphatic carbocycles. The molecule has 0 atom stereocenters. The van der Waals surface area contributed by atoms with Crippen molar-refractivity contribution in [2.75, 3.05) is 12.3 Å². The van der Waals surface area contributed by atoms with E-state index in [9.17, 15) is 9.18 Å². The highest BCUT2D eigenvalue weighted by Crippen LogP contribution is 2.27. The van der Waals surface area contributed by atoms with Crippen LogP contribution in [-0.2, 0) is 0 Å². The second-order valence-electron chi connectivity index (χ2n) is 4.05. The monoisotopic (exact) mass is 255 g/mol. The Morgan fingerprint density at radius 3 is 2.72 bits per heavy atom. The minimum atomic E-state index is -1.28. The lowest BCUT2D eigenvalue weighted by Gasteiger charge is -2.11. The molecule has 0 fully saturated rings. The second kappa shape index (κ2) is 6.83. The predicted molar refractivity (Wildman–Crippen MR) is 67.4 cm³/mol. The Morgan fingerprint density at radius 1 is 1.39 bits per heavy atom. The summed E-state index contributed by atoms with van der Waals surface area (Å²) >= 11 is 0. The highest BCUT2D eigenvalue weighted by atomic mass is 19.1. The van der Waals surface area contributed by atoms with E-state index in [1.807, 2.05) is 0 Å². The molecule has 3 N–H and O–H groups in total. The van der Waals surface area contributed by atoms with Crippen LogP contribution in [0.15, 0.2) is 12.1 Å². The van der Waals surface area contributed by atoms with Crippen molar-refractivity contribution in [3.05, 3.63) is 23.5 Å². The Labute approximate surface area is 106 Å². The minimum absolute atomic E-state index is 0.123. The van der Waals surface area contributed by atoms with Gasteiger partial charge in [0.1, 0.15) is 17.1 Å². The van der Waals surface area contributed by atoms with Gasteiger partial charge in [-0.05, 0) is 18.6 Å².